The van der Waals surface area contributed by atoms with Crippen molar-refractivity contribution < 1.29 is 23.9 Å². The molecule has 2 N–H and O–H groups in total. The Labute approximate surface area is 205 Å². The normalized spacial score (nSPS) is 23.9. The van der Waals surface area contributed by atoms with E-state index in [0.29, 0.717) is 29.1 Å². The number of piperidine rings is 3. The van der Waals surface area contributed by atoms with Gasteiger partial charge in [0, 0.05) is 30.0 Å². The van der Waals surface area contributed by atoms with Crippen molar-refractivity contribution in [3.63, 3.8) is 0 Å². The summed E-state index contributed by atoms with van der Waals surface area (Å²) < 4.78 is 6.83. The summed E-state index contributed by atoms with van der Waals surface area (Å²) in [6.45, 7) is 2.89. The molecule has 3 heterocycles. The molecule has 3 fully saturated rings. The maximum absolute atomic E-state index is 13.5. The topological polar surface area (TPSA) is 75.6 Å². The predicted molar refractivity (Wildman–Crippen MR) is 134 cm³/mol. The number of carbonyl (C=O) groups is 2. The van der Waals surface area contributed by atoms with Crippen LogP contribution in [0, 0.1) is 5.92 Å². The maximum atomic E-state index is 13.5. The van der Waals surface area contributed by atoms with Gasteiger partial charge in [-0.15, -0.1) is 0 Å². The Morgan fingerprint density at radius 1 is 0.914 bits per heavy atom. The SMILES string of the molecule is O=C(C[N+]12CCC(CC1)[C@@H](OC(=O)C(Nc1ccccc1)c1ccccc1)C2)c1ccc(O)cc1. The molecule has 0 radical (unpaired) electrons. The van der Waals surface area contributed by atoms with Crippen LogP contribution in [-0.4, -0.2) is 53.6 Å². The number of nitrogens with zero attached hydrogens (tertiary/aromatic N) is 1. The zero-order chi connectivity index (χ0) is 24.3. The molecular weight excluding hydrogens is 440 g/mol. The number of phenols is 1. The van der Waals surface area contributed by atoms with Gasteiger partial charge in [-0.05, 0) is 42.0 Å². The van der Waals surface area contributed by atoms with Crippen LogP contribution in [0.1, 0.15) is 34.8 Å². The molecule has 2 bridgehead atoms. The fraction of sp³-hybridized carbons (Fsp3) is 0.310. The van der Waals surface area contributed by atoms with Crippen LogP contribution in [0.3, 0.4) is 0 Å². The predicted octanol–water partition coefficient (Wildman–Crippen LogP) is 4.58. The number of benzene rings is 3. The van der Waals surface area contributed by atoms with Gasteiger partial charge >= 0.3 is 5.97 Å². The highest BCUT2D eigenvalue weighted by atomic mass is 16.5. The lowest BCUT2D eigenvalue weighted by molar-refractivity contribution is -0.938. The summed E-state index contributed by atoms with van der Waals surface area (Å²) in [7, 11) is 0. The van der Waals surface area contributed by atoms with Crippen molar-refractivity contribution in [3.05, 3.63) is 96.1 Å². The van der Waals surface area contributed by atoms with Gasteiger partial charge in [-0.1, -0.05) is 48.5 Å². The molecule has 0 aromatic heterocycles. The molecule has 3 aromatic rings. The lowest BCUT2D eigenvalue weighted by Crippen LogP contribution is -2.65. The van der Waals surface area contributed by atoms with E-state index >= 15 is 0 Å². The van der Waals surface area contributed by atoms with Crippen molar-refractivity contribution in [3.8, 4) is 5.75 Å². The summed E-state index contributed by atoms with van der Waals surface area (Å²) in [5.41, 5.74) is 2.32. The number of para-hydroxylation sites is 1. The third-order valence-corrected chi connectivity index (χ3v) is 7.43. The van der Waals surface area contributed by atoms with Crippen molar-refractivity contribution >= 4 is 17.4 Å². The molecule has 0 amide bonds. The van der Waals surface area contributed by atoms with Gasteiger partial charge in [0.25, 0.3) is 0 Å². The molecule has 6 heteroatoms. The van der Waals surface area contributed by atoms with Crippen molar-refractivity contribution in [2.24, 2.45) is 5.92 Å². The number of hydrogen-bond acceptors (Lipinski definition) is 5. The number of nitrogens with one attached hydrogen (secondary N) is 1. The number of quaternary nitrogens is 1. The Hall–Kier alpha value is -3.64. The quantitative estimate of drug-likeness (QED) is 0.286. The summed E-state index contributed by atoms with van der Waals surface area (Å²) in [4.78, 5) is 26.5. The highest BCUT2D eigenvalue weighted by Gasteiger charge is 2.49. The first-order valence-electron chi connectivity index (χ1n) is 12.3. The molecule has 3 aliphatic rings. The lowest BCUT2D eigenvalue weighted by Gasteiger charge is -2.51. The summed E-state index contributed by atoms with van der Waals surface area (Å²) in [6.07, 6.45) is 1.69. The largest absolute Gasteiger partial charge is 0.508 e. The minimum atomic E-state index is -0.610. The molecular formula is C29H31N2O4+. The number of phenolic OH excluding ortho intramolecular Hbond substituents is 1. The van der Waals surface area contributed by atoms with E-state index in [9.17, 15) is 14.7 Å². The van der Waals surface area contributed by atoms with E-state index in [1.807, 2.05) is 60.7 Å². The molecule has 3 aromatic carbocycles. The van der Waals surface area contributed by atoms with E-state index in [2.05, 4.69) is 5.32 Å². The van der Waals surface area contributed by atoms with Gasteiger partial charge in [0.15, 0.2) is 12.1 Å². The zero-order valence-corrected chi connectivity index (χ0v) is 19.7. The maximum Gasteiger partial charge on any atom is 0.333 e. The number of carbonyl (C=O) groups excluding carboxylic acids is 2. The minimum Gasteiger partial charge on any atom is -0.508 e. The van der Waals surface area contributed by atoms with E-state index < -0.39 is 6.04 Å². The van der Waals surface area contributed by atoms with Gasteiger partial charge in [0.2, 0.25) is 5.78 Å². The van der Waals surface area contributed by atoms with Crippen molar-refractivity contribution in [1.82, 2.24) is 0 Å². The fourth-order valence-electron chi connectivity index (χ4n) is 5.46. The van der Waals surface area contributed by atoms with Crippen LogP contribution in [0.4, 0.5) is 5.69 Å². The van der Waals surface area contributed by atoms with Crippen LogP contribution in [0.25, 0.3) is 0 Å². The second-order valence-corrected chi connectivity index (χ2v) is 9.77. The van der Waals surface area contributed by atoms with E-state index in [1.165, 1.54) is 0 Å². The third-order valence-electron chi connectivity index (χ3n) is 7.43. The van der Waals surface area contributed by atoms with Crippen LogP contribution in [0.15, 0.2) is 84.9 Å². The number of ketones is 1. The van der Waals surface area contributed by atoms with Crippen molar-refractivity contribution in [2.45, 2.75) is 25.0 Å². The fourth-order valence-corrected chi connectivity index (χ4v) is 5.46. The van der Waals surface area contributed by atoms with E-state index in [-0.39, 0.29) is 23.6 Å². The third kappa shape index (κ3) is 5.23. The second kappa shape index (κ2) is 9.92. The molecule has 6 nitrogen and oxygen atoms in total. The number of Topliss-reactive ketones (excluding diaryl/α,β-unsaturated/α-hetero) is 1. The highest BCUT2D eigenvalue weighted by molar-refractivity contribution is 5.97. The lowest BCUT2D eigenvalue weighted by atomic mass is 9.82. The minimum absolute atomic E-state index is 0.0586. The Kier molecular flexibility index (Phi) is 6.55. The summed E-state index contributed by atoms with van der Waals surface area (Å²) >= 11 is 0. The van der Waals surface area contributed by atoms with Crippen LogP contribution < -0.4 is 5.32 Å². The molecule has 6 rings (SSSR count). The average Bonchev–Trinajstić information content (AvgIpc) is 2.89. The van der Waals surface area contributed by atoms with E-state index in [1.54, 1.807) is 24.3 Å². The first-order chi connectivity index (χ1) is 17.0. The molecule has 1 unspecified atom stereocenters. The van der Waals surface area contributed by atoms with Gasteiger partial charge in [-0.3, -0.25) is 4.79 Å². The molecule has 0 saturated carbocycles. The number of fused-ring (bicyclic) bond motifs is 3. The standard InChI is InChI=1S/C29H30N2O4/c32-25-13-11-21(12-14-25)26(33)19-31-17-15-22(16-18-31)27(20-31)35-29(34)28(23-7-3-1-4-8-23)30-24-9-5-2-6-10-24/h1-14,22,27-28,30H,15-20H2/p+1/t22?,27-,28?,31?/m0/s1. The Morgan fingerprint density at radius 3 is 2.20 bits per heavy atom. The Bertz CT molecular complexity index is 1160. The number of ether oxygens (including phenoxy) is 1. The van der Waals surface area contributed by atoms with Crippen LogP contribution in [0.2, 0.25) is 0 Å². The first-order valence-corrected chi connectivity index (χ1v) is 12.3. The summed E-state index contributed by atoms with van der Waals surface area (Å²) in [5, 5.41) is 12.9. The average molecular weight is 472 g/mol. The van der Waals surface area contributed by atoms with E-state index in [4.69, 9.17) is 4.74 Å². The highest BCUT2D eigenvalue weighted by Crippen LogP contribution is 2.37. The Morgan fingerprint density at radius 2 is 1.54 bits per heavy atom. The number of aromatic hydroxyl groups is 1. The van der Waals surface area contributed by atoms with Crippen LogP contribution >= 0.6 is 0 Å². The summed E-state index contributed by atoms with van der Waals surface area (Å²) in [5.74, 6) is 0.248. The smallest absolute Gasteiger partial charge is 0.333 e. The van der Waals surface area contributed by atoms with Crippen LogP contribution in [-0.2, 0) is 9.53 Å². The number of anilines is 1. The second-order valence-electron chi connectivity index (χ2n) is 9.77. The molecule has 0 spiro atoms. The van der Waals surface area contributed by atoms with Gasteiger partial charge in [0.1, 0.15) is 18.8 Å². The monoisotopic (exact) mass is 471 g/mol. The van der Waals surface area contributed by atoms with Gasteiger partial charge in [-0.25, -0.2) is 4.79 Å². The zero-order valence-electron chi connectivity index (χ0n) is 19.7. The van der Waals surface area contributed by atoms with Crippen molar-refractivity contribution in [1.29, 1.82) is 0 Å². The molecule has 3 aliphatic heterocycles. The molecule has 0 aliphatic carbocycles. The van der Waals surface area contributed by atoms with Gasteiger partial charge in [-0.2, -0.15) is 0 Å². The summed E-state index contributed by atoms with van der Waals surface area (Å²) in [6, 6.07) is 25.1. The molecule has 3 saturated heterocycles. The number of esters is 1. The first kappa shape index (κ1) is 23.1. The van der Waals surface area contributed by atoms with Gasteiger partial charge < -0.3 is 19.6 Å². The molecule has 2 atom stereocenters. The molecule has 35 heavy (non-hydrogen) atoms. The molecule has 180 valence electrons. The van der Waals surface area contributed by atoms with Crippen molar-refractivity contribution in [2.75, 3.05) is 31.5 Å². The van der Waals surface area contributed by atoms with Crippen LogP contribution in [0.5, 0.6) is 5.75 Å². The number of hydrogen-bond donors (Lipinski definition) is 2. The number of rotatable bonds is 8. The van der Waals surface area contributed by atoms with Gasteiger partial charge in [0.05, 0.1) is 13.1 Å². The van der Waals surface area contributed by atoms with E-state index in [0.717, 1.165) is 37.2 Å². The Balaban J connectivity index is 1.30.